The van der Waals surface area contributed by atoms with E-state index in [2.05, 4.69) is 11.4 Å². The van der Waals surface area contributed by atoms with Crippen molar-refractivity contribution in [2.45, 2.75) is 38.7 Å². The summed E-state index contributed by atoms with van der Waals surface area (Å²) in [6.07, 6.45) is 2.47. The van der Waals surface area contributed by atoms with Crippen LogP contribution < -0.4 is 0 Å². The van der Waals surface area contributed by atoms with Crippen LogP contribution in [0.5, 0.6) is 0 Å². The molecular formula is C10H16OS. The van der Waals surface area contributed by atoms with E-state index in [1.54, 1.807) is 11.3 Å². The van der Waals surface area contributed by atoms with Gasteiger partial charge in [-0.05, 0) is 24.3 Å². The number of hydrogen-bond acceptors (Lipinski definition) is 2. The fourth-order valence-corrected chi connectivity index (χ4v) is 2.08. The summed E-state index contributed by atoms with van der Waals surface area (Å²) in [5.41, 5.74) is -0.481. The Labute approximate surface area is 78.1 Å². The van der Waals surface area contributed by atoms with Gasteiger partial charge < -0.3 is 5.11 Å². The molecule has 0 aliphatic rings. The molecule has 1 aromatic rings. The minimum Gasteiger partial charge on any atom is -0.390 e. The van der Waals surface area contributed by atoms with Gasteiger partial charge in [-0.1, -0.05) is 19.9 Å². The second-order valence-corrected chi connectivity index (χ2v) is 4.22. The van der Waals surface area contributed by atoms with Crippen LogP contribution in [0, 0.1) is 0 Å². The highest BCUT2D eigenvalue weighted by Gasteiger charge is 2.22. The van der Waals surface area contributed by atoms with Gasteiger partial charge in [0.25, 0.3) is 0 Å². The van der Waals surface area contributed by atoms with Crippen LogP contribution >= 0.6 is 11.3 Å². The third-order valence-electron chi connectivity index (χ3n) is 2.40. The highest BCUT2D eigenvalue weighted by Crippen LogP contribution is 2.23. The SMILES string of the molecule is CCC(O)(CC)Cc1cccs1. The molecule has 12 heavy (non-hydrogen) atoms. The van der Waals surface area contributed by atoms with Gasteiger partial charge in [-0.2, -0.15) is 0 Å². The quantitative estimate of drug-likeness (QED) is 0.763. The lowest BCUT2D eigenvalue weighted by Gasteiger charge is -2.24. The average Bonchev–Trinajstić information content (AvgIpc) is 2.57. The van der Waals surface area contributed by atoms with Gasteiger partial charge in [-0.25, -0.2) is 0 Å². The predicted molar refractivity (Wildman–Crippen MR) is 53.6 cm³/mol. The minimum atomic E-state index is -0.481. The van der Waals surface area contributed by atoms with Crippen LogP contribution in [0.1, 0.15) is 31.6 Å². The van der Waals surface area contributed by atoms with Crippen LogP contribution in [0.3, 0.4) is 0 Å². The highest BCUT2D eigenvalue weighted by molar-refractivity contribution is 7.09. The van der Waals surface area contributed by atoms with Gasteiger partial charge in [0.1, 0.15) is 0 Å². The van der Waals surface area contributed by atoms with Crippen LogP contribution in [0.25, 0.3) is 0 Å². The minimum absolute atomic E-state index is 0.481. The second-order valence-electron chi connectivity index (χ2n) is 3.19. The maximum atomic E-state index is 10.0. The van der Waals surface area contributed by atoms with E-state index in [4.69, 9.17) is 0 Å². The van der Waals surface area contributed by atoms with Crippen molar-refractivity contribution in [2.24, 2.45) is 0 Å². The first-order chi connectivity index (χ1) is 5.70. The lowest BCUT2D eigenvalue weighted by molar-refractivity contribution is 0.0334. The van der Waals surface area contributed by atoms with Crippen LogP contribution in [0.4, 0.5) is 0 Å². The van der Waals surface area contributed by atoms with E-state index in [-0.39, 0.29) is 0 Å². The zero-order valence-electron chi connectivity index (χ0n) is 7.71. The van der Waals surface area contributed by atoms with E-state index in [9.17, 15) is 5.11 Å². The maximum absolute atomic E-state index is 10.0. The van der Waals surface area contributed by atoms with Gasteiger partial charge in [0, 0.05) is 11.3 Å². The number of aliphatic hydroxyl groups is 1. The fraction of sp³-hybridized carbons (Fsp3) is 0.600. The monoisotopic (exact) mass is 184 g/mol. The summed E-state index contributed by atoms with van der Waals surface area (Å²) in [5, 5.41) is 12.1. The Morgan fingerprint density at radius 1 is 1.42 bits per heavy atom. The molecule has 0 spiro atoms. The lowest BCUT2D eigenvalue weighted by atomic mass is 9.93. The van der Waals surface area contributed by atoms with Gasteiger partial charge in [-0.15, -0.1) is 11.3 Å². The van der Waals surface area contributed by atoms with Crippen molar-refractivity contribution in [3.8, 4) is 0 Å². The molecule has 0 aliphatic carbocycles. The lowest BCUT2D eigenvalue weighted by Crippen LogP contribution is -2.28. The third kappa shape index (κ3) is 2.32. The van der Waals surface area contributed by atoms with Gasteiger partial charge in [0.05, 0.1) is 5.60 Å². The Hall–Kier alpha value is -0.340. The first-order valence-electron chi connectivity index (χ1n) is 4.45. The smallest absolute Gasteiger partial charge is 0.0690 e. The Bertz CT molecular complexity index is 212. The van der Waals surface area contributed by atoms with Crippen molar-refractivity contribution in [1.82, 2.24) is 0 Å². The Balaban J connectivity index is 2.60. The molecule has 1 heterocycles. The van der Waals surface area contributed by atoms with Gasteiger partial charge in [0.2, 0.25) is 0 Å². The highest BCUT2D eigenvalue weighted by atomic mass is 32.1. The number of hydrogen-bond donors (Lipinski definition) is 1. The first-order valence-corrected chi connectivity index (χ1v) is 5.33. The van der Waals surface area contributed by atoms with Crippen molar-refractivity contribution >= 4 is 11.3 Å². The van der Waals surface area contributed by atoms with Crippen molar-refractivity contribution in [2.75, 3.05) is 0 Å². The van der Waals surface area contributed by atoms with E-state index in [1.807, 2.05) is 19.9 Å². The number of thiophene rings is 1. The molecule has 2 heteroatoms. The van der Waals surface area contributed by atoms with Crippen molar-refractivity contribution < 1.29 is 5.11 Å². The Morgan fingerprint density at radius 3 is 2.50 bits per heavy atom. The molecule has 0 bridgehead atoms. The summed E-state index contributed by atoms with van der Waals surface area (Å²) in [7, 11) is 0. The molecule has 0 atom stereocenters. The normalized spacial score (nSPS) is 11.9. The van der Waals surface area contributed by atoms with E-state index in [0.717, 1.165) is 19.3 Å². The fourth-order valence-electron chi connectivity index (χ4n) is 1.24. The Morgan fingerprint density at radius 2 is 2.08 bits per heavy atom. The summed E-state index contributed by atoms with van der Waals surface area (Å²) in [4.78, 5) is 1.28. The van der Waals surface area contributed by atoms with Crippen molar-refractivity contribution in [3.63, 3.8) is 0 Å². The molecule has 0 saturated heterocycles. The second kappa shape index (κ2) is 4.06. The molecule has 0 unspecified atom stereocenters. The van der Waals surface area contributed by atoms with Gasteiger partial charge >= 0.3 is 0 Å². The summed E-state index contributed by atoms with van der Waals surface area (Å²) in [6.45, 7) is 4.08. The van der Waals surface area contributed by atoms with E-state index in [0.29, 0.717) is 0 Å². The topological polar surface area (TPSA) is 20.2 Å². The molecule has 0 aliphatic heterocycles. The summed E-state index contributed by atoms with van der Waals surface area (Å²) in [6, 6.07) is 4.12. The van der Waals surface area contributed by atoms with Gasteiger partial charge in [-0.3, -0.25) is 0 Å². The van der Waals surface area contributed by atoms with Crippen LogP contribution in [-0.2, 0) is 6.42 Å². The summed E-state index contributed by atoms with van der Waals surface area (Å²) >= 11 is 1.72. The largest absolute Gasteiger partial charge is 0.390 e. The molecule has 1 aromatic heterocycles. The molecule has 0 amide bonds. The van der Waals surface area contributed by atoms with Crippen molar-refractivity contribution in [3.05, 3.63) is 22.4 Å². The van der Waals surface area contributed by atoms with Gasteiger partial charge in [0.15, 0.2) is 0 Å². The predicted octanol–water partition coefficient (Wildman–Crippen LogP) is 2.84. The summed E-state index contributed by atoms with van der Waals surface area (Å²) in [5.74, 6) is 0. The average molecular weight is 184 g/mol. The molecular weight excluding hydrogens is 168 g/mol. The first kappa shape index (κ1) is 9.75. The Kier molecular flexibility index (Phi) is 3.29. The molecule has 0 radical (unpaired) electrons. The van der Waals surface area contributed by atoms with E-state index < -0.39 is 5.60 Å². The summed E-state index contributed by atoms with van der Waals surface area (Å²) < 4.78 is 0. The van der Waals surface area contributed by atoms with E-state index >= 15 is 0 Å². The molecule has 1 rings (SSSR count). The molecule has 0 fully saturated rings. The molecule has 68 valence electrons. The zero-order chi connectivity index (χ0) is 9.03. The van der Waals surface area contributed by atoms with Crippen LogP contribution in [-0.4, -0.2) is 10.7 Å². The van der Waals surface area contributed by atoms with E-state index in [1.165, 1.54) is 4.88 Å². The number of rotatable bonds is 4. The van der Waals surface area contributed by atoms with Crippen LogP contribution in [0.15, 0.2) is 17.5 Å². The van der Waals surface area contributed by atoms with Crippen LogP contribution in [0.2, 0.25) is 0 Å². The maximum Gasteiger partial charge on any atom is 0.0690 e. The zero-order valence-corrected chi connectivity index (χ0v) is 8.53. The molecule has 0 saturated carbocycles. The third-order valence-corrected chi connectivity index (χ3v) is 3.28. The van der Waals surface area contributed by atoms with Crippen molar-refractivity contribution in [1.29, 1.82) is 0 Å². The molecule has 1 N–H and O–H groups in total. The standard InChI is InChI=1S/C10H16OS/c1-3-10(11,4-2)8-9-6-5-7-12-9/h5-7,11H,3-4,8H2,1-2H3. The molecule has 0 aromatic carbocycles. The molecule has 1 nitrogen and oxygen atoms in total.